The van der Waals surface area contributed by atoms with Crippen molar-refractivity contribution in [1.29, 1.82) is 0 Å². The van der Waals surface area contributed by atoms with Gasteiger partial charge in [-0.15, -0.1) is 0 Å². The molecule has 5 nitrogen and oxygen atoms in total. The van der Waals surface area contributed by atoms with Crippen LogP contribution in [0.5, 0.6) is 0 Å². The second-order valence-electron chi connectivity index (χ2n) is 4.92. The molecular weight excluding hydrogens is 252 g/mol. The number of benzene rings is 1. The van der Waals surface area contributed by atoms with Crippen molar-refractivity contribution >= 4 is 11.6 Å². The highest BCUT2D eigenvalue weighted by molar-refractivity contribution is 5.95. The molecule has 0 fully saturated rings. The molecule has 2 aromatic rings. The lowest BCUT2D eigenvalue weighted by molar-refractivity contribution is -0.118. The van der Waals surface area contributed by atoms with Gasteiger partial charge in [0.15, 0.2) is 0 Å². The van der Waals surface area contributed by atoms with Crippen LogP contribution in [0.25, 0.3) is 5.69 Å². The summed E-state index contributed by atoms with van der Waals surface area (Å²) in [7, 11) is 0. The summed E-state index contributed by atoms with van der Waals surface area (Å²) in [5.74, 6) is 0.00830. The van der Waals surface area contributed by atoms with Crippen LogP contribution in [0.2, 0.25) is 0 Å². The second-order valence-corrected chi connectivity index (χ2v) is 4.92. The summed E-state index contributed by atoms with van der Waals surface area (Å²) < 4.78 is 1.88. The average molecular weight is 272 g/mol. The second kappa shape index (κ2) is 6.34. The zero-order valence-electron chi connectivity index (χ0n) is 11.8. The van der Waals surface area contributed by atoms with Gasteiger partial charge in [0.1, 0.15) is 0 Å². The van der Waals surface area contributed by atoms with E-state index in [1.54, 1.807) is 12.5 Å². The van der Waals surface area contributed by atoms with Crippen molar-refractivity contribution in [2.45, 2.75) is 26.3 Å². The Morgan fingerprint density at radius 3 is 2.95 bits per heavy atom. The van der Waals surface area contributed by atoms with Crippen LogP contribution >= 0.6 is 0 Å². The standard InChI is InChI=1S/C15H20N4O/c1-3-11(2)14(16)15(20)18-12-5-4-6-13(9-12)19-8-7-17-10-19/h4-11,14H,3,16H2,1-2H3,(H,18,20). The first kappa shape index (κ1) is 14.3. The van der Waals surface area contributed by atoms with Crippen molar-refractivity contribution < 1.29 is 4.79 Å². The summed E-state index contributed by atoms with van der Waals surface area (Å²) in [4.78, 5) is 16.1. The van der Waals surface area contributed by atoms with Crippen LogP contribution in [0.15, 0.2) is 43.0 Å². The fourth-order valence-electron chi connectivity index (χ4n) is 1.89. The number of nitrogens with two attached hydrogens (primary N) is 1. The predicted molar refractivity (Wildman–Crippen MR) is 79.6 cm³/mol. The third kappa shape index (κ3) is 3.24. The molecule has 0 bridgehead atoms. The maximum absolute atomic E-state index is 12.1. The van der Waals surface area contributed by atoms with Gasteiger partial charge in [-0.3, -0.25) is 4.79 Å². The number of aromatic nitrogens is 2. The fourth-order valence-corrected chi connectivity index (χ4v) is 1.89. The highest BCUT2D eigenvalue weighted by atomic mass is 16.2. The molecule has 0 saturated carbocycles. The lowest BCUT2D eigenvalue weighted by atomic mass is 9.99. The summed E-state index contributed by atoms with van der Waals surface area (Å²) in [5, 5.41) is 2.86. The molecular formula is C15H20N4O. The molecule has 0 spiro atoms. The number of anilines is 1. The van der Waals surface area contributed by atoms with Gasteiger partial charge < -0.3 is 15.6 Å². The minimum atomic E-state index is -0.489. The Labute approximate surface area is 118 Å². The van der Waals surface area contributed by atoms with Crippen molar-refractivity contribution in [3.8, 4) is 5.69 Å². The van der Waals surface area contributed by atoms with E-state index in [9.17, 15) is 4.79 Å². The van der Waals surface area contributed by atoms with E-state index >= 15 is 0 Å². The third-order valence-electron chi connectivity index (χ3n) is 3.48. The van der Waals surface area contributed by atoms with Crippen LogP contribution in [0.3, 0.4) is 0 Å². The largest absolute Gasteiger partial charge is 0.325 e. The quantitative estimate of drug-likeness (QED) is 0.876. The number of imidazole rings is 1. The van der Waals surface area contributed by atoms with Gasteiger partial charge >= 0.3 is 0 Å². The van der Waals surface area contributed by atoms with Gasteiger partial charge in [-0.25, -0.2) is 4.98 Å². The van der Waals surface area contributed by atoms with Crippen molar-refractivity contribution in [3.63, 3.8) is 0 Å². The minimum absolute atomic E-state index is 0.151. The molecule has 5 heteroatoms. The number of carbonyl (C=O) groups is 1. The van der Waals surface area contributed by atoms with Crippen molar-refractivity contribution in [2.24, 2.45) is 11.7 Å². The highest BCUT2D eigenvalue weighted by Gasteiger charge is 2.19. The topological polar surface area (TPSA) is 72.9 Å². The average Bonchev–Trinajstić information content (AvgIpc) is 3.00. The number of rotatable bonds is 5. The predicted octanol–water partition coefficient (Wildman–Crippen LogP) is 2.18. The Morgan fingerprint density at radius 1 is 1.50 bits per heavy atom. The summed E-state index contributed by atoms with van der Waals surface area (Å²) in [6, 6.07) is 7.09. The van der Waals surface area contributed by atoms with E-state index in [0.29, 0.717) is 0 Å². The molecule has 1 heterocycles. The van der Waals surface area contributed by atoms with Crippen molar-refractivity contribution in [1.82, 2.24) is 9.55 Å². The molecule has 106 valence electrons. The molecule has 0 aliphatic rings. The van der Waals surface area contributed by atoms with E-state index in [1.807, 2.05) is 48.9 Å². The lowest BCUT2D eigenvalue weighted by Gasteiger charge is -2.18. The number of nitrogens with zero attached hydrogens (tertiary/aromatic N) is 2. The summed E-state index contributed by atoms with van der Waals surface area (Å²) >= 11 is 0. The molecule has 2 atom stereocenters. The molecule has 3 N–H and O–H groups in total. The molecule has 0 radical (unpaired) electrons. The van der Waals surface area contributed by atoms with Crippen LogP contribution in [0.1, 0.15) is 20.3 Å². The van der Waals surface area contributed by atoms with Crippen molar-refractivity contribution in [2.75, 3.05) is 5.32 Å². The van der Waals surface area contributed by atoms with E-state index in [2.05, 4.69) is 10.3 Å². The Bertz CT molecular complexity index is 565. The van der Waals surface area contributed by atoms with Crippen LogP contribution in [-0.2, 0) is 4.79 Å². The molecule has 0 aliphatic carbocycles. The van der Waals surface area contributed by atoms with Crippen molar-refractivity contribution in [3.05, 3.63) is 43.0 Å². The molecule has 2 rings (SSSR count). The fraction of sp³-hybridized carbons (Fsp3) is 0.333. The highest BCUT2D eigenvalue weighted by Crippen LogP contribution is 2.15. The van der Waals surface area contributed by atoms with Gasteiger partial charge in [0.2, 0.25) is 5.91 Å². The Kier molecular flexibility index (Phi) is 4.53. The number of carbonyl (C=O) groups excluding carboxylic acids is 1. The summed E-state index contributed by atoms with van der Waals surface area (Å²) in [6.07, 6.45) is 6.16. The Hall–Kier alpha value is -2.14. The van der Waals surface area contributed by atoms with Crippen LogP contribution in [0, 0.1) is 5.92 Å². The first-order chi connectivity index (χ1) is 9.61. The monoisotopic (exact) mass is 272 g/mol. The first-order valence-electron chi connectivity index (χ1n) is 6.76. The van der Waals surface area contributed by atoms with E-state index in [-0.39, 0.29) is 11.8 Å². The lowest BCUT2D eigenvalue weighted by Crippen LogP contribution is -2.40. The van der Waals surface area contributed by atoms with E-state index in [0.717, 1.165) is 17.8 Å². The minimum Gasteiger partial charge on any atom is -0.325 e. The zero-order chi connectivity index (χ0) is 14.5. The molecule has 0 aliphatic heterocycles. The first-order valence-corrected chi connectivity index (χ1v) is 6.76. The van der Waals surface area contributed by atoms with Gasteiger partial charge in [0.25, 0.3) is 0 Å². The Balaban J connectivity index is 2.10. The molecule has 1 aromatic heterocycles. The van der Waals surface area contributed by atoms with Gasteiger partial charge in [-0.1, -0.05) is 26.3 Å². The molecule has 0 saturated heterocycles. The van der Waals surface area contributed by atoms with E-state index < -0.39 is 6.04 Å². The molecule has 2 unspecified atom stereocenters. The third-order valence-corrected chi connectivity index (χ3v) is 3.48. The number of nitrogens with one attached hydrogen (secondary N) is 1. The van der Waals surface area contributed by atoms with Gasteiger partial charge in [-0.2, -0.15) is 0 Å². The summed E-state index contributed by atoms with van der Waals surface area (Å²) in [6.45, 7) is 4.00. The zero-order valence-corrected chi connectivity index (χ0v) is 11.8. The maximum atomic E-state index is 12.1. The Morgan fingerprint density at radius 2 is 2.30 bits per heavy atom. The normalized spacial score (nSPS) is 13.8. The van der Waals surface area contributed by atoms with Gasteiger partial charge in [0.05, 0.1) is 12.4 Å². The maximum Gasteiger partial charge on any atom is 0.241 e. The van der Waals surface area contributed by atoms with Crippen LogP contribution in [-0.4, -0.2) is 21.5 Å². The number of hydrogen-bond acceptors (Lipinski definition) is 3. The number of amides is 1. The van der Waals surface area contributed by atoms with E-state index in [1.165, 1.54) is 0 Å². The van der Waals surface area contributed by atoms with Crippen LogP contribution in [0.4, 0.5) is 5.69 Å². The summed E-state index contributed by atoms with van der Waals surface area (Å²) in [5.41, 5.74) is 7.60. The molecule has 20 heavy (non-hydrogen) atoms. The SMILES string of the molecule is CCC(C)C(N)C(=O)Nc1cccc(-n2ccnc2)c1. The van der Waals surface area contributed by atoms with Gasteiger partial charge in [-0.05, 0) is 24.1 Å². The molecule has 1 amide bonds. The number of hydrogen-bond donors (Lipinski definition) is 2. The van der Waals surface area contributed by atoms with Crippen LogP contribution < -0.4 is 11.1 Å². The van der Waals surface area contributed by atoms with E-state index in [4.69, 9.17) is 5.73 Å². The van der Waals surface area contributed by atoms with Gasteiger partial charge in [0, 0.05) is 23.8 Å². The smallest absolute Gasteiger partial charge is 0.241 e. The molecule has 1 aromatic carbocycles.